The largest absolute Gasteiger partial charge is 0.268 e. The molecule has 0 atom stereocenters. The van der Waals surface area contributed by atoms with Gasteiger partial charge in [-0.1, -0.05) is 23.2 Å². The number of rotatable bonds is 6. The highest BCUT2D eigenvalue weighted by Crippen LogP contribution is 2.28. The van der Waals surface area contributed by atoms with Crippen LogP contribution in [0.4, 0.5) is 0 Å². The molecule has 11 heteroatoms. The van der Waals surface area contributed by atoms with Crippen LogP contribution in [0.3, 0.4) is 0 Å². The Hall–Kier alpha value is -1.78. The number of nitrogens with one attached hydrogen (secondary N) is 1. The quantitative estimate of drug-likeness (QED) is 0.591. The van der Waals surface area contributed by atoms with Crippen LogP contribution < -0.4 is 10.3 Å². The van der Waals surface area contributed by atoms with Crippen molar-refractivity contribution in [1.29, 1.82) is 0 Å². The van der Waals surface area contributed by atoms with E-state index in [1.165, 1.54) is 34.2 Å². The fourth-order valence-corrected chi connectivity index (χ4v) is 5.44. The monoisotopic (exact) mass is 472 g/mol. The van der Waals surface area contributed by atoms with Crippen LogP contribution in [0.1, 0.15) is 16.3 Å². The molecule has 0 aliphatic heterocycles. The molecule has 29 heavy (non-hydrogen) atoms. The van der Waals surface area contributed by atoms with E-state index in [1.807, 2.05) is 13.8 Å². The SMILES string of the molecule is Cc1nc(C)c(-c2ccc(=O)n(CCNS(=O)(=O)c3cc(C)c(Cl)cc3Cl)n2)s1. The topological polar surface area (TPSA) is 94.0 Å². The summed E-state index contributed by atoms with van der Waals surface area (Å²) < 4.78 is 28.8. The first kappa shape index (κ1) is 21.9. The molecular weight excluding hydrogens is 455 g/mol. The summed E-state index contributed by atoms with van der Waals surface area (Å²) in [5.41, 5.74) is 1.72. The molecule has 0 saturated heterocycles. The van der Waals surface area contributed by atoms with Crippen molar-refractivity contribution in [3.63, 3.8) is 0 Å². The van der Waals surface area contributed by atoms with Gasteiger partial charge in [0, 0.05) is 17.6 Å². The van der Waals surface area contributed by atoms with Crippen molar-refractivity contribution in [3.05, 3.63) is 60.9 Å². The molecule has 3 aromatic rings. The highest BCUT2D eigenvalue weighted by atomic mass is 35.5. The first-order valence-corrected chi connectivity index (χ1v) is 11.6. The predicted molar refractivity (Wildman–Crippen MR) is 115 cm³/mol. The summed E-state index contributed by atoms with van der Waals surface area (Å²) in [4.78, 5) is 17.3. The van der Waals surface area contributed by atoms with Crippen LogP contribution in [0, 0.1) is 20.8 Å². The number of hydrogen-bond donors (Lipinski definition) is 1. The van der Waals surface area contributed by atoms with Crippen molar-refractivity contribution in [3.8, 4) is 10.6 Å². The first-order valence-electron chi connectivity index (χ1n) is 8.56. The second kappa shape index (κ2) is 8.53. The summed E-state index contributed by atoms with van der Waals surface area (Å²) in [7, 11) is -3.87. The molecule has 3 rings (SSSR count). The number of thiazole rings is 1. The number of aromatic nitrogens is 3. The Bertz CT molecular complexity index is 1240. The normalized spacial score (nSPS) is 11.8. The second-order valence-corrected chi connectivity index (χ2v) is 10.1. The molecule has 2 aromatic heterocycles. The molecule has 0 unspecified atom stereocenters. The lowest BCUT2D eigenvalue weighted by molar-refractivity contribution is 0.549. The predicted octanol–water partition coefficient (Wildman–Crippen LogP) is 3.58. The first-order chi connectivity index (χ1) is 13.6. The lowest BCUT2D eigenvalue weighted by atomic mass is 10.2. The number of halogens is 2. The van der Waals surface area contributed by atoms with Gasteiger partial charge in [-0.25, -0.2) is 22.8 Å². The van der Waals surface area contributed by atoms with Gasteiger partial charge in [-0.15, -0.1) is 11.3 Å². The highest BCUT2D eigenvalue weighted by Gasteiger charge is 2.19. The minimum Gasteiger partial charge on any atom is -0.268 e. The zero-order valence-corrected chi connectivity index (χ0v) is 19.0. The smallest absolute Gasteiger partial charge is 0.266 e. The third-order valence-corrected chi connectivity index (χ3v) is 7.55. The van der Waals surface area contributed by atoms with Crippen molar-refractivity contribution in [2.75, 3.05) is 6.54 Å². The molecule has 0 aliphatic carbocycles. The maximum Gasteiger partial charge on any atom is 0.266 e. The van der Waals surface area contributed by atoms with Gasteiger partial charge in [-0.3, -0.25) is 4.79 Å². The van der Waals surface area contributed by atoms with Crippen LogP contribution in [0.25, 0.3) is 10.6 Å². The number of sulfonamides is 1. The zero-order valence-electron chi connectivity index (χ0n) is 15.9. The third kappa shape index (κ3) is 4.87. The van der Waals surface area contributed by atoms with Crippen LogP contribution >= 0.6 is 34.5 Å². The Morgan fingerprint density at radius 3 is 2.52 bits per heavy atom. The summed E-state index contributed by atoms with van der Waals surface area (Å²) >= 11 is 13.5. The van der Waals surface area contributed by atoms with Crippen molar-refractivity contribution in [2.45, 2.75) is 32.2 Å². The van der Waals surface area contributed by atoms with Gasteiger partial charge >= 0.3 is 0 Å². The summed E-state index contributed by atoms with van der Waals surface area (Å²) in [6.07, 6.45) is 0. The Labute approximate surface area is 182 Å². The molecule has 0 spiro atoms. The van der Waals surface area contributed by atoms with E-state index in [4.69, 9.17) is 23.2 Å². The standard InChI is InChI=1S/C18H18Cl2N4O3S2/c1-10-8-16(14(20)9-13(10)19)29(26,27)21-6-7-24-17(25)5-4-15(23-24)18-11(2)22-12(3)28-18/h4-5,8-9,21H,6-7H2,1-3H3. The van der Waals surface area contributed by atoms with Gasteiger partial charge < -0.3 is 0 Å². The lowest BCUT2D eigenvalue weighted by Crippen LogP contribution is -2.32. The van der Waals surface area contributed by atoms with E-state index in [0.717, 1.165) is 15.6 Å². The Kier molecular flexibility index (Phi) is 6.45. The maximum absolute atomic E-state index is 12.6. The number of benzene rings is 1. The van der Waals surface area contributed by atoms with Gasteiger partial charge in [0.25, 0.3) is 5.56 Å². The van der Waals surface area contributed by atoms with Crippen LogP contribution in [-0.4, -0.2) is 29.7 Å². The molecular formula is C18H18Cl2N4O3S2. The van der Waals surface area contributed by atoms with Gasteiger partial charge in [0.2, 0.25) is 10.0 Å². The second-order valence-electron chi connectivity index (χ2n) is 6.36. The van der Waals surface area contributed by atoms with Gasteiger partial charge in [0.05, 0.1) is 27.1 Å². The third-order valence-electron chi connectivity index (χ3n) is 4.12. The van der Waals surface area contributed by atoms with Gasteiger partial charge in [-0.05, 0) is 44.5 Å². The fourth-order valence-electron chi connectivity index (χ4n) is 2.70. The Morgan fingerprint density at radius 1 is 1.14 bits per heavy atom. The molecule has 2 heterocycles. The number of hydrogen-bond acceptors (Lipinski definition) is 6. The van der Waals surface area contributed by atoms with Crippen molar-refractivity contribution in [1.82, 2.24) is 19.5 Å². The molecule has 0 amide bonds. The van der Waals surface area contributed by atoms with Crippen molar-refractivity contribution >= 4 is 44.6 Å². The minimum atomic E-state index is -3.87. The molecule has 0 fully saturated rings. The van der Waals surface area contributed by atoms with E-state index in [9.17, 15) is 13.2 Å². The van der Waals surface area contributed by atoms with E-state index >= 15 is 0 Å². The van der Waals surface area contributed by atoms with Crippen LogP contribution in [0.2, 0.25) is 10.0 Å². The van der Waals surface area contributed by atoms with Gasteiger partial charge in [0.1, 0.15) is 10.6 Å². The van der Waals surface area contributed by atoms with Crippen LogP contribution in [0.5, 0.6) is 0 Å². The molecule has 0 radical (unpaired) electrons. The molecule has 1 aromatic carbocycles. The van der Waals surface area contributed by atoms with Crippen molar-refractivity contribution in [2.24, 2.45) is 0 Å². The van der Waals surface area contributed by atoms with E-state index in [-0.39, 0.29) is 28.6 Å². The molecule has 0 bridgehead atoms. The van der Waals surface area contributed by atoms with E-state index < -0.39 is 10.0 Å². The average Bonchev–Trinajstić information content (AvgIpc) is 2.97. The van der Waals surface area contributed by atoms with Gasteiger partial charge in [0.15, 0.2) is 0 Å². The average molecular weight is 473 g/mol. The molecule has 0 saturated carbocycles. The molecule has 0 aliphatic rings. The molecule has 154 valence electrons. The number of aryl methyl sites for hydroxylation is 3. The summed E-state index contributed by atoms with van der Waals surface area (Å²) in [5.74, 6) is 0. The Morgan fingerprint density at radius 2 is 1.86 bits per heavy atom. The molecule has 1 N–H and O–H groups in total. The van der Waals surface area contributed by atoms with E-state index in [1.54, 1.807) is 13.0 Å². The van der Waals surface area contributed by atoms with E-state index in [2.05, 4.69) is 14.8 Å². The minimum absolute atomic E-state index is 0.0291. The number of nitrogens with zero attached hydrogens (tertiary/aromatic N) is 3. The summed E-state index contributed by atoms with van der Waals surface area (Å²) in [6.45, 7) is 5.50. The zero-order chi connectivity index (χ0) is 21.3. The lowest BCUT2D eigenvalue weighted by Gasteiger charge is -2.11. The van der Waals surface area contributed by atoms with Crippen LogP contribution in [0.15, 0.2) is 34.0 Å². The maximum atomic E-state index is 12.6. The van der Waals surface area contributed by atoms with E-state index in [0.29, 0.717) is 16.3 Å². The highest BCUT2D eigenvalue weighted by molar-refractivity contribution is 7.89. The van der Waals surface area contributed by atoms with Crippen molar-refractivity contribution < 1.29 is 8.42 Å². The summed E-state index contributed by atoms with van der Waals surface area (Å²) in [6, 6.07) is 5.85. The van der Waals surface area contributed by atoms with Gasteiger partial charge in [-0.2, -0.15) is 5.10 Å². The summed E-state index contributed by atoms with van der Waals surface area (Å²) in [5, 5.41) is 5.66. The molecule has 7 nitrogen and oxygen atoms in total. The van der Waals surface area contributed by atoms with Crippen LogP contribution in [-0.2, 0) is 16.6 Å². The fraction of sp³-hybridized carbons (Fsp3) is 0.278. The Balaban J connectivity index is 1.78.